The zero-order valence-corrected chi connectivity index (χ0v) is 27.0. The minimum absolute atomic E-state index is 0.0752. The predicted molar refractivity (Wildman–Crippen MR) is 171 cm³/mol. The number of sulfonamides is 1. The summed E-state index contributed by atoms with van der Waals surface area (Å²) in [6.07, 6.45) is 16.4. The van der Waals surface area contributed by atoms with Crippen LogP contribution in [0.15, 0.2) is 58.5 Å². The molecule has 0 spiro atoms. The van der Waals surface area contributed by atoms with Gasteiger partial charge in [0.2, 0.25) is 10.0 Å². The molecule has 3 aromatic rings. The minimum atomic E-state index is -4.50. The van der Waals surface area contributed by atoms with Gasteiger partial charge < -0.3 is 4.57 Å². The molecule has 0 saturated carbocycles. The Morgan fingerprint density at radius 1 is 0.767 bits per heavy atom. The van der Waals surface area contributed by atoms with Gasteiger partial charge in [0, 0.05) is 12.4 Å². The molecule has 0 radical (unpaired) electrons. The minimum Gasteiger partial charge on any atom is -0.344 e. The van der Waals surface area contributed by atoms with E-state index < -0.39 is 26.0 Å². The summed E-state index contributed by atoms with van der Waals surface area (Å²) in [5.41, 5.74) is 1.81. The van der Waals surface area contributed by atoms with Crippen molar-refractivity contribution < 1.29 is 25.8 Å². The average Bonchev–Trinajstić information content (AvgIpc) is 2.97. The van der Waals surface area contributed by atoms with Crippen molar-refractivity contribution in [2.75, 3.05) is 5.75 Å². The summed E-state index contributed by atoms with van der Waals surface area (Å²) in [6, 6.07) is 11.4. The van der Waals surface area contributed by atoms with Crippen molar-refractivity contribution in [1.82, 2.24) is 9.40 Å². The first-order valence-corrected chi connectivity index (χ1v) is 18.5. The lowest BCUT2D eigenvalue weighted by molar-refractivity contribution is 0.483. The predicted octanol–water partition coefficient (Wildman–Crippen LogP) is 7.45. The zero-order valence-electron chi connectivity index (χ0n) is 25.4. The molecule has 2 N–H and O–H groups in total. The molecule has 0 fully saturated rings. The van der Waals surface area contributed by atoms with E-state index in [4.69, 9.17) is 0 Å². The van der Waals surface area contributed by atoms with Crippen LogP contribution in [0, 0.1) is 5.82 Å². The number of fused-ring (bicyclic) bond motifs is 1. The molecule has 0 amide bonds. The number of rotatable bonds is 19. The first-order valence-electron chi connectivity index (χ1n) is 15.4. The number of hydrogen-bond acceptors (Lipinski definition) is 5. The standard InChI is InChI=1S/C32H46FN3O5S2/c1-3-4-5-6-7-8-9-10-11-12-13-14-15-16-23-42(37,38)35-34-30-25-32(26-17-19-27(33)20-18-26)36(2)31-22-21-28(24-29(30)31)43(39,40)41/h17-22,24-25,35H,3-16,23H2,1-2H3,(H,39,40,41). The van der Waals surface area contributed by atoms with Crippen LogP contribution in [0.1, 0.15) is 96.8 Å². The van der Waals surface area contributed by atoms with Gasteiger partial charge in [0.05, 0.1) is 27.2 Å². The third-order valence-corrected chi connectivity index (χ3v) is 9.80. The highest BCUT2D eigenvalue weighted by molar-refractivity contribution is 7.89. The van der Waals surface area contributed by atoms with Crippen LogP contribution >= 0.6 is 0 Å². The molecule has 0 bridgehead atoms. The van der Waals surface area contributed by atoms with E-state index in [-0.39, 0.29) is 16.0 Å². The maximum atomic E-state index is 13.5. The molecule has 0 aliphatic heterocycles. The second kappa shape index (κ2) is 16.9. The highest BCUT2D eigenvalue weighted by Crippen LogP contribution is 2.24. The van der Waals surface area contributed by atoms with Gasteiger partial charge in [0.15, 0.2) is 0 Å². The third kappa shape index (κ3) is 11.4. The molecule has 43 heavy (non-hydrogen) atoms. The molecular weight excluding hydrogens is 590 g/mol. The second-order valence-corrected chi connectivity index (χ2v) is 14.5. The van der Waals surface area contributed by atoms with Gasteiger partial charge in [-0.05, 0) is 60.5 Å². The number of halogens is 1. The van der Waals surface area contributed by atoms with Crippen molar-refractivity contribution in [1.29, 1.82) is 0 Å². The van der Waals surface area contributed by atoms with Gasteiger partial charge >= 0.3 is 0 Å². The zero-order chi connectivity index (χ0) is 31.3. The molecule has 3 rings (SSSR count). The summed E-state index contributed by atoms with van der Waals surface area (Å²) in [5, 5.41) is 4.65. The van der Waals surface area contributed by atoms with Crippen LogP contribution in [0.3, 0.4) is 0 Å². The Bertz CT molecular complexity index is 1600. The van der Waals surface area contributed by atoms with Crippen molar-refractivity contribution >= 4 is 31.0 Å². The molecule has 1 heterocycles. The molecule has 11 heteroatoms. The van der Waals surface area contributed by atoms with Gasteiger partial charge in [-0.15, -0.1) is 0 Å². The van der Waals surface area contributed by atoms with Crippen molar-refractivity contribution in [3.05, 3.63) is 59.7 Å². The van der Waals surface area contributed by atoms with Crippen LogP contribution in [0.4, 0.5) is 4.39 Å². The number of aromatic nitrogens is 1. The number of hydrogen-bond donors (Lipinski definition) is 2. The van der Waals surface area contributed by atoms with Crippen LogP contribution in [-0.2, 0) is 27.2 Å². The first-order chi connectivity index (χ1) is 20.5. The summed E-state index contributed by atoms with van der Waals surface area (Å²) in [6.45, 7) is 2.24. The van der Waals surface area contributed by atoms with Gasteiger partial charge in [-0.2, -0.15) is 13.5 Å². The Morgan fingerprint density at radius 2 is 1.30 bits per heavy atom. The van der Waals surface area contributed by atoms with Gasteiger partial charge in [0.25, 0.3) is 10.1 Å². The monoisotopic (exact) mass is 635 g/mol. The van der Waals surface area contributed by atoms with E-state index in [0.717, 1.165) is 19.3 Å². The maximum absolute atomic E-state index is 13.5. The fourth-order valence-electron chi connectivity index (χ4n) is 5.25. The van der Waals surface area contributed by atoms with E-state index in [9.17, 15) is 25.8 Å². The summed E-state index contributed by atoms with van der Waals surface area (Å²) in [7, 11) is -6.49. The fourth-order valence-corrected chi connectivity index (χ4v) is 6.67. The SMILES string of the molecule is CCCCCCCCCCCCCCCCS(=O)(=O)NN=c1cc(-c2ccc(F)cc2)n(C)c2ccc(S(=O)(=O)O)cc12. The lowest BCUT2D eigenvalue weighted by Gasteiger charge is -2.14. The van der Waals surface area contributed by atoms with Crippen LogP contribution in [-0.4, -0.2) is 31.7 Å². The third-order valence-electron chi connectivity index (χ3n) is 7.75. The molecule has 2 aromatic carbocycles. The number of pyridine rings is 1. The Morgan fingerprint density at radius 3 is 1.84 bits per heavy atom. The normalized spacial score (nSPS) is 12.7. The molecule has 0 aliphatic carbocycles. The number of unbranched alkanes of at least 4 members (excludes halogenated alkanes) is 13. The van der Waals surface area contributed by atoms with E-state index in [0.29, 0.717) is 28.6 Å². The molecule has 0 atom stereocenters. The Balaban J connectivity index is 1.59. The fraction of sp³-hybridized carbons (Fsp3) is 0.531. The Kier molecular flexibility index (Phi) is 13.7. The van der Waals surface area contributed by atoms with Gasteiger partial charge in [-0.25, -0.2) is 17.6 Å². The number of benzene rings is 2. The lowest BCUT2D eigenvalue weighted by atomic mass is 10.0. The maximum Gasteiger partial charge on any atom is 0.294 e. The molecule has 1 aromatic heterocycles. The molecule has 0 unspecified atom stereocenters. The van der Waals surface area contributed by atoms with E-state index in [2.05, 4.69) is 16.9 Å². The van der Waals surface area contributed by atoms with Gasteiger partial charge in [0.1, 0.15) is 5.82 Å². The van der Waals surface area contributed by atoms with E-state index in [1.807, 2.05) is 0 Å². The topological polar surface area (TPSA) is 118 Å². The molecule has 0 aliphatic rings. The Hall–Kier alpha value is -2.76. The smallest absolute Gasteiger partial charge is 0.294 e. The number of nitrogens with zero attached hydrogens (tertiary/aromatic N) is 2. The second-order valence-electron chi connectivity index (χ2n) is 11.3. The average molecular weight is 636 g/mol. The van der Waals surface area contributed by atoms with Crippen molar-refractivity contribution in [3.63, 3.8) is 0 Å². The number of aryl methyl sites for hydroxylation is 1. The van der Waals surface area contributed by atoms with Crippen molar-refractivity contribution in [3.8, 4) is 11.3 Å². The molecule has 0 saturated heterocycles. The highest BCUT2D eigenvalue weighted by atomic mass is 32.2. The summed E-state index contributed by atoms with van der Waals surface area (Å²) >= 11 is 0. The van der Waals surface area contributed by atoms with Crippen LogP contribution in [0.5, 0.6) is 0 Å². The summed E-state index contributed by atoms with van der Waals surface area (Å²) in [4.78, 5) is 1.96. The van der Waals surface area contributed by atoms with Crippen LogP contribution < -0.4 is 10.2 Å². The summed E-state index contributed by atoms with van der Waals surface area (Å²) < 4.78 is 74.0. The molecule has 238 valence electrons. The first kappa shape index (κ1) is 34.7. The van der Waals surface area contributed by atoms with E-state index >= 15 is 0 Å². The quantitative estimate of drug-likeness (QED) is 0.0806. The summed E-state index contributed by atoms with van der Waals surface area (Å²) in [5.74, 6) is -0.472. The van der Waals surface area contributed by atoms with E-state index in [1.54, 1.807) is 29.8 Å². The van der Waals surface area contributed by atoms with Crippen molar-refractivity contribution in [2.45, 2.75) is 102 Å². The van der Waals surface area contributed by atoms with Crippen LogP contribution in [0.2, 0.25) is 0 Å². The molecule has 8 nitrogen and oxygen atoms in total. The van der Waals surface area contributed by atoms with E-state index in [1.165, 1.54) is 94.5 Å². The van der Waals surface area contributed by atoms with Crippen LogP contribution in [0.25, 0.3) is 22.2 Å². The van der Waals surface area contributed by atoms with Gasteiger partial charge in [-0.1, -0.05) is 90.4 Å². The van der Waals surface area contributed by atoms with Gasteiger partial charge in [-0.3, -0.25) is 4.55 Å². The largest absolute Gasteiger partial charge is 0.344 e. The lowest BCUT2D eigenvalue weighted by Crippen LogP contribution is -2.25. The Labute approximate surface area is 256 Å². The van der Waals surface area contributed by atoms with Crippen molar-refractivity contribution in [2.24, 2.45) is 12.1 Å². The highest BCUT2D eigenvalue weighted by Gasteiger charge is 2.15. The number of nitrogens with one attached hydrogen (secondary N) is 1. The molecular formula is C32H46FN3O5S2.